The number of amides is 2. The average molecular weight is 409 g/mol. The van der Waals surface area contributed by atoms with Gasteiger partial charge in [0.2, 0.25) is 0 Å². The molecule has 0 N–H and O–H groups in total. The van der Waals surface area contributed by atoms with E-state index in [0.29, 0.717) is 40.8 Å². The number of benzene rings is 3. The number of rotatable bonds is 5. The van der Waals surface area contributed by atoms with Gasteiger partial charge in [-0.15, -0.1) is 0 Å². The SMILES string of the molecule is O=C1c2ccccc2C(=O)N1CCc1nc2ccccc2c(=O)n1Cc1ccccc1. The van der Waals surface area contributed by atoms with E-state index >= 15 is 0 Å². The molecule has 1 aliphatic rings. The third-order valence-corrected chi connectivity index (χ3v) is 5.56. The number of para-hydroxylation sites is 1. The highest BCUT2D eigenvalue weighted by molar-refractivity contribution is 6.21. The predicted molar refractivity (Wildman–Crippen MR) is 117 cm³/mol. The second-order valence-corrected chi connectivity index (χ2v) is 7.48. The molecule has 0 aliphatic carbocycles. The van der Waals surface area contributed by atoms with Gasteiger partial charge in [-0.2, -0.15) is 0 Å². The highest BCUT2D eigenvalue weighted by Crippen LogP contribution is 2.22. The first-order chi connectivity index (χ1) is 15.1. The van der Waals surface area contributed by atoms with Crippen LogP contribution >= 0.6 is 0 Å². The number of aromatic nitrogens is 2. The van der Waals surface area contributed by atoms with Crippen LogP contribution in [0.3, 0.4) is 0 Å². The van der Waals surface area contributed by atoms with E-state index in [2.05, 4.69) is 0 Å². The summed E-state index contributed by atoms with van der Waals surface area (Å²) in [4.78, 5) is 44.6. The van der Waals surface area contributed by atoms with Crippen molar-refractivity contribution in [2.45, 2.75) is 13.0 Å². The topological polar surface area (TPSA) is 72.3 Å². The first-order valence-corrected chi connectivity index (χ1v) is 10.1. The summed E-state index contributed by atoms with van der Waals surface area (Å²) in [5.41, 5.74) is 2.28. The van der Waals surface area contributed by atoms with Gasteiger partial charge in [0.15, 0.2) is 0 Å². The van der Waals surface area contributed by atoms with Crippen LogP contribution in [0.5, 0.6) is 0 Å². The fourth-order valence-corrected chi connectivity index (χ4v) is 3.99. The predicted octanol–water partition coefficient (Wildman–Crippen LogP) is 3.28. The summed E-state index contributed by atoms with van der Waals surface area (Å²) >= 11 is 0. The molecule has 1 aliphatic heterocycles. The van der Waals surface area contributed by atoms with E-state index in [1.54, 1.807) is 41.0 Å². The smallest absolute Gasteiger partial charge is 0.261 e. The molecule has 0 spiro atoms. The Balaban J connectivity index is 1.51. The Kier molecular flexibility index (Phi) is 4.67. The molecule has 1 aromatic heterocycles. The zero-order valence-electron chi connectivity index (χ0n) is 16.7. The lowest BCUT2D eigenvalue weighted by Gasteiger charge is -2.17. The molecule has 4 aromatic rings. The van der Waals surface area contributed by atoms with Crippen molar-refractivity contribution >= 4 is 22.7 Å². The standard InChI is InChI=1S/C25H19N3O3/c29-23-18-10-4-5-11-19(18)24(30)27(23)15-14-22-26-21-13-7-6-12-20(21)25(31)28(22)16-17-8-2-1-3-9-17/h1-13H,14-16H2. The Morgan fingerprint density at radius 3 is 2.03 bits per heavy atom. The fourth-order valence-electron chi connectivity index (χ4n) is 3.99. The number of hydrogen-bond acceptors (Lipinski definition) is 4. The summed E-state index contributed by atoms with van der Waals surface area (Å²) < 4.78 is 1.63. The molecule has 152 valence electrons. The number of imide groups is 1. The Morgan fingerprint density at radius 2 is 1.32 bits per heavy atom. The van der Waals surface area contributed by atoms with Crippen LogP contribution in [0.15, 0.2) is 83.7 Å². The maximum Gasteiger partial charge on any atom is 0.261 e. The molecule has 2 amide bonds. The highest BCUT2D eigenvalue weighted by Gasteiger charge is 2.34. The van der Waals surface area contributed by atoms with E-state index in [-0.39, 0.29) is 23.9 Å². The lowest BCUT2D eigenvalue weighted by molar-refractivity contribution is 0.0655. The number of fused-ring (bicyclic) bond motifs is 2. The van der Waals surface area contributed by atoms with Crippen LogP contribution in [0.2, 0.25) is 0 Å². The molecule has 0 unspecified atom stereocenters. The lowest BCUT2D eigenvalue weighted by atomic mass is 10.1. The number of hydrogen-bond donors (Lipinski definition) is 0. The van der Waals surface area contributed by atoms with Crippen LogP contribution < -0.4 is 5.56 Å². The minimum Gasteiger partial charge on any atom is -0.292 e. The van der Waals surface area contributed by atoms with Crippen molar-refractivity contribution in [3.8, 4) is 0 Å². The Labute approximate surface area is 178 Å². The zero-order valence-corrected chi connectivity index (χ0v) is 16.7. The maximum absolute atomic E-state index is 13.2. The Morgan fingerprint density at radius 1 is 0.710 bits per heavy atom. The van der Waals surface area contributed by atoms with Gasteiger partial charge in [-0.1, -0.05) is 54.6 Å². The molecule has 5 rings (SSSR count). The number of carbonyl (C=O) groups excluding carboxylic acids is 2. The summed E-state index contributed by atoms with van der Waals surface area (Å²) in [6.45, 7) is 0.529. The van der Waals surface area contributed by atoms with E-state index in [1.807, 2.05) is 42.5 Å². The van der Waals surface area contributed by atoms with Gasteiger partial charge in [0.1, 0.15) is 5.82 Å². The van der Waals surface area contributed by atoms with Gasteiger partial charge in [0, 0.05) is 13.0 Å². The van der Waals surface area contributed by atoms with Crippen molar-refractivity contribution in [2.75, 3.05) is 6.54 Å². The molecular weight excluding hydrogens is 390 g/mol. The van der Waals surface area contributed by atoms with Gasteiger partial charge in [-0.05, 0) is 29.8 Å². The molecule has 0 bridgehead atoms. The summed E-state index contributed by atoms with van der Waals surface area (Å²) in [5, 5.41) is 0.544. The molecule has 0 fully saturated rings. The average Bonchev–Trinajstić information content (AvgIpc) is 3.05. The van der Waals surface area contributed by atoms with Gasteiger partial charge in [0.25, 0.3) is 17.4 Å². The Bertz CT molecular complexity index is 1340. The Hall–Kier alpha value is -4.06. The van der Waals surface area contributed by atoms with Gasteiger partial charge in [-0.25, -0.2) is 4.98 Å². The van der Waals surface area contributed by atoms with Gasteiger partial charge >= 0.3 is 0 Å². The van der Waals surface area contributed by atoms with Gasteiger partial charge < -0.3 is 0 Å². The highest BCUT2D eigenvalue weighted by atomic mass is 16.2. The summed E-state index contributed by atoms with van der Waals surface area (Å²) in [6, 6.07) is 23.7. The van der Waals surface area contributed by atoms with Gasteiger partial charge in [-0.3, -0.25) is 23.9 Å². The van der Waals surface area contributed by atoms with E-state index < -0.39 is 0 Å². The van der Waals surface area contributed by atoms with E-state index in [0.717, 1.165) is 5.56 Å². The second kappa shape index (κ2) is 7.65. The molecule has 31 heavy (non-hydrogen) atoms. The minimum atomic E-state index is -0.307. The molecule has 0 radical (unpaired) electrons. The molecule has 6 heteroatoms. The molecule has 0 saturated heterocycles. The van der Waals surface area contributed by atoms with Crippen LogP contribution in [0, 0.1) is 0 Å². The number of carbonyl (C=O) groups is 2. The van der Waals surface area contributed by atoms with Crippen LogP contribution in [0.1, 0.15) is 32.1 Å². The first kappa shape index (κ1) is 18.9. The summed E-state index contributed by atoms with van der Waals surface area (Å²) in [5.74, 6) is -0.0687. The number of nitrogens with zero attached hydrogens (tertiary/aromatic N) is 3. The summed E-state index contributed by atoms with van der Waals surface area (Å²) in [6.07, 6.45) is 0.290. The second-order valence-electron chi connectivity index (χ2n) is 7.48. The van der Waals surface area contributed by atoms with Crippen molar-refractivity contribution in [3.63, 3.8) is 0 Å². The van der Waals surface area contributed by atoms with Crippen molar-refractivity contribution < 1.29 is 9.59 Å². The van der Waals surface area contributed by atoms with Crippen LogP contribution in [-0.2, 0) is 13.0 Å². The van der Waals surface area contributed by atoms with Crippen LogP contribution in [-0.4, -0.2) is 32.8 Å². The molecule has 0 saturated carbocycles. The van der Waals surface area contributed by atoms with E-state index in [1.165, 1.54) is 4.90 Å². The zero-order chi connectivity index (χ0) is 21.4. The maximum atomic E-state index is 13.2. The molecule has 0 atom stereocenters. The summed E-state index contributed by atoms with van der Waals surface area (Å²) in [7, 11) is 0. The third kappa shape index (κ3) is 3.32. The fraction of sp³-hybridized carbons (Fsp3) is 0.120. The normalized spacial score (nSPS) is 13.1. The van der Waals surface area contributed by atoms with Crippen molar-refractivity contribution in [3.05, 3.63) is 112 Å². The van der Waals surface area contributed by atoms with Crippen molar-refractivity contribution in [1.29, 1.82) is 0 Å². The third-order valence-electron chi connectivity index (χ3n) is 5.56. The van der Waals surface area contributed by atoms with Crippen LogP contribution in [0.25, 0.3) is 10.9 Å². The monoisotopic (exact) mass is 409 g/mol. The molecule has 3 aromatic carbocycles. The van der Waals surface area contributed by atoms with E-state index in [4.69, 9.17) is 4.98 Å². The van der Waals surface area contributed by atoms with Crippen molar-refractivity contribution in [1.82, 2.24) is 14.5 Å². The quantitative estimate of drug-likeness (QED) is 0.474. The molecular formula is C25H19N3O3. The lowest BCUT2D eigenvalue weighted by Crippen LogP contribution is -2.34. The van der Waals surface area contributed by atoms with E-state index in [9.17, 15) is 14.4 Å². The van der Waals surface area contributed by atoms with Gasteiger partial charge in [0.05, 0.1) is 28.6 Å². The first-order valence-electron chi connectivity index (χ1n) is 10.1. The molecule has 6 nitrogen and oxygen atoms in total. The van der Waals surface area contributed by atoms with Crippen molar-refractivity contribution in [2.24, 2.45) is 0 Å². The largest absolute Gasteiger partial charge is 0.292 e. The molecule has 2 heterocycles. The van der Waals surface area contributed by atoms with Crippen LogP contribution in [0.4, 0.5) is 0 Å². The minimum absolute atomic E-state index is 0.133.